The van der Waals surface area contributed by atoms with E-state index in [2.05, 4.69) is 191 Å². The van der Waals surface area contributed by atoms with Gasteiger partial charge in [0.05, 0.1) is 22.1 Å². The lowest BCUT2D eigenvalue weighted by atomic mass is 9.98. The van der Waals surface area contributed by atoms with Crippen molar-refractivity contribution in [2.24, 2.45) is 0 Å². The second-order valence-corrected chi connectivity index (χ2v) is 12.6. The van der Waals surface area contributed by atoms with E-state index >= 15 is 0 Å². The summed E-state index contributed by atoms with van der Waals surface area (Å²) in [6.07, 6.45) is 0. The lowest BCUT2D eigenvalue weighted by Gasteiger charge is -2.14. The molecular weight excluding hydrogens is 581 g/mol. The minimum atomic E-state index is 1.15. The second-order valence-electron chi connectivity index (χ2n) is 12.6. The fourth-order valence-electron chi connectivity index (χ4n) is 7.76. The van der Waals surface area contributed by atoms with Crippen LogP contribution in [0.2, 0.25) is 0 Å². The summed E-state index contributed by atoms with van der Waals surface area (Å²) < 4.78 is 4.95. The van der Waals surface area contributed by atoms with Crippen LogP contribution in [-0.2, 0) is 0 Å². The normalized spacial score (nSPS) is 11.8. The van der Waals surface area contributed by atoms with Crippen molar-refractivity contribution in [1.82, 2.24) is 9.13 Å². The molecule has 0 aliphatic carbocycles. The minimum absolute atomic E-state index is 1.15. The summed E-state index contributed by atoms with van der Waals surface area (Å²) in [5, 5.41) is 7.52. The van der Waals surface area contributed by atoms with Gasteiger partial charge in [0.2, 0.25) is 0 Å². The highest BCUT2D eigenvalue weighted by Gasteiger charge is 2.21. The van der Waals surface area contributed by atoms with Gasteiger partial charge >= 0.3 is 0 Å². The second kappa shape index (κ2) is 10.6. The van der Waals surface area contributed by atoms with E-state index < -0.39 is 0 Å². The molecule has 0 amide bonds. The predicted molar refractivity (Wildman–Crippen MR) is 203 cm³/mol. The van der Waals surface area contributed by atoms with Gasteiger partial charge in [0, 0.05) is 32.9 Å². The van der Waals surface area contributed by atoms with Crippen molar-refractivity contribution < 1.29 is 0 Å². The van der Waals surface area contributed by atoms with E-state index in [0.29, 0.717) is 0 Å². The monoisotopic (exact) mass is 610 g/mol. The molecule has 0 unspecified atom stereocenters. The van der Waals surface area contributed by atoms with Gasteiger partial charge < -0.3 is 9.13 Å². The van der Waals surface area contributed by atoms with Gasteiger partial charge in [0.1, 0.15) is 0 Å². The van der Waals surface area contributed by atoms with Gasteiger partial charge in [-0.3, -0.25) is 0 Å². The maximum atomic E-state index is 2.48. The summed E-state index contributed by atoms with van der Waals surface area (Å²) in [5.74, 6) is 0. The molecule has 48 heavy (non-hydrogen) atoms. The lowest BCUT2D eigenvalue weighted by Crippen LogP contribution is -1.99. The highest BCUT2D eigenvalue weighted by molar-refractivity contribution is 6.23. The van der Waals surface area contributed by atoms with Gasteiger partial charge in [-0.15, -0.1) is 0 Å². The molecule has 0 aliphatic heterocycles. The quantitative estimate of drug-likeness (QED) is 0.188. The van der Waals surface area contributed by atoms with Gasteiger partial charge in [0.15, 0.2) is 0 Å². The first-order chi connectivity index (χ1) is 23.8. The summed E-state index contributed by atoms with van der Waals surface area (Å²) in [7, 11) is 0. The Morgan fingerprint density at radius 3 is 1.52 bits per heavy atom. The van der Waals surface area contributed by atoms with Crippen LogP contribution in [0.3, 0.4) is 0 Å². The van der Waals surface area contributed by atoms with E-state index in [9.17, 15) is 0 Å². The zero-order valence-corrected chi connectivity index (χ0v) is 26.2. The Morgan fingerprint density at radius 2 is 0.812 bits per heavy atom. The van der Waals surface area contributed by atoms with Crippen LogP contribution in [0.4, 0.5) is 0 Å². The largest absolute Gasteiger partial charge is 0.307 e. The molecule has 2 heteroatoms. The molecule has 8 aromatic carbocycles. The number of aromatic nitrogens is 2. The van der Waals surface area contributed by atoms with E-state index in [1.54, 1.807) is 0 Å². The average molecular weight is 611 g/mol. The number of hydrogen-bond donors (Lipinski definition) is 0. The van der Waals surface area contributed by atoms with Crippen LogP contribution >= 0.6 is 0 Å². The zero-order valence-electron chi connectivity index (χ0n) is 26.2. The molecule has 0 bridgehead atoms. The van der Waals surface area contributed by atoms with Crippen LogP contribution in [0, 0.1) is 0 Å². The number of fused-ring (bicyclic) bond motifs is 8. The van der Waals surface area contributed by atoms with Crippen molar-refractivity contribution in [3.8, 4) is 33.6 Å². The topological polar surface area (TPSA) is 9.86 Å². The van der Waals surface area contributed by atoms with E-state index in [0.717, 1.165) is 11.4 Å². The van der Waals surface area contributed by atoms with E-state index in [1.807, 2.05) is 0 Å². The Morgan fingerprint density at radius 1 is 0.292 bits per heavy atom. The first-order valence-electron chi connectivity index (χ1n) is 16.5. The fraction of sp³-hybridized carbons (Fsp3) is 0. The predicted octanol–water partition coefficient (Wildman–Crippen LogP) is 12.4. The Bertz CT molecular complexity index is 2810. The Hall–Kier alpha value is -6.38. The van der Waals surface area contributed by atoms with Crippen LogP contribution in [0.1, 0.15) is 0 Å². The minimum Gasteiger partial charge on any atom is -0.307 e. The van der Waals surface area contributed by atoms with Crippen molar-refractivity contribution in [3.05, 3.63) is 182 Å². The van der Waals surface area contributed by atoms with Crippen LogP contribution in [-0.4, -0.2) is 9.13 Å². The Balaban J connectivity index is 1.29. The van der Waals surface area contributed by atoms with Crippen molar-refractivity contribution in [2.75, 3.05) is 0 Å². The SMILES string of the molecule is c1ccc(-c2ccc(-n3c4ccccc4c4ccc5c6ccccc6n(-c6cccc(-c7cccc8ccccc78)c6)c5c43)cc2)cc1. The molecular formula is C46H30N2. The van der Waals surface area contributed by atoms with Gasteiger partial charge in [0.25, 0.3) is 0 Å². The van der Waals surface area contributed by atoms with E-state index in [1.165, 1.54) is 76.6 Å². The van der Waals surface area contributed by atoms with Gasteiger partial charge in [-0.25, -0.2) is 0 Å². The van der Waals surface area contributed by atoms with Crippen molar-refractivity contribution in [3.63, 3.8) is 0 Å². The van der Waals surface area contributed by atoms with Crippen LogP contribution < -0.4 is 0 Å². The third-order valence-corrected chi connectivity index (χ3v) is 9.91. The first-order valence-corrected chi connectivity index (χ1v) is 16.5. The standard InChI is InChI=1S/C46H30N2/c1-2-12-31(13-3-1)32-24-26-35(27-25-32)47-43-22-8-6-19-39(43)41-28-29-42-40-20-7-9-23-44(40)48(46(42)45(41)47)36-17-10-16-34(30-36)38-21-11-15-33-14-4-5-18-37(33)38/h1-30H. The molecule has 2 heterocycles. The van der Waals surface area contributed by atoms with Gasteiger partial charge in [-0.1, -0.05) is 146 Å². The van der Waals surface area contributed by atoms with Crippen molar-refractivity contribution in [2.45, 2.75) is 0 Å². The first kappa shape index (κ1) is 26.8. The Labute approximate surface area is 278 Å². The number of hydrogen-bond acceptors (Lipinski definition) is 0. The maximum absolute atomic E-state index is 2.48. The van der Waals surface area contributed by atoms with Crippen molar-refractivity contribution in [1.29, 1.82) is 0 Å². The molecule has 0 spiro atoms. The Kier molecular flexibility index (Phi) is 5.91. The third-order valence-electron chi connectivity index (χ3n) is 9.91. The smallest absolute Gasteiger partial charge is 0.0788 e. The summed E-state index contributed by atoms with van der Waals surface area (Å²) in [6.45, 7) is 0. The molecule has 0 N–H and O–H groups in total. The molecule has 0 radical (unpaired) electrons. The third kappa shape index (κ3) is 4.00. The van der Waals surface area contributed by atoms with Gasteiger partial charge in [-0.2, -0.15) is 0 Å². The summed E-state index contributed by atoms with van der Waals surface area (Å²) in [6, 6.07) is 66.2. The average Bonchev–Trinajstić information content (AvgIpc) is 3.68. The lowest BCUT2D eigenvalue weighted by molar-refractivity contribution is 1.15. The van der Waals surface area contributed by atoms with Gasteiger partial charge in [-0.05, 0) is 69.4 Å². The fourth-order valence-corrected chi connectivity index (χ4v) is 7.76. The molecule has 0 aliphatic rings. The molecule has 0 fully saturated rings. The van der Waals surface area contributed by atoms with Crippen LogP contribution in [0.5, 0.6) is 0 Å². The summed E-state index contributed by atoms with van der Waals surface area (Å²) in [5.41, 5.74) is 12.0. The molecule has 10 aromatic rings. The van der Waals surface area contributed by atoms with Crippen LogP contribution in [0.25, 0.3) is 88.0 Å². The number of nitrogens with zero attached hydrogens (tertiary/aromatic N) is 2. The van der Waals surface area contributed by atoms with Crippen LogP contribution in [0.15, 0.2) is 182 Å². The van der Waals surface area contributed by atoms with Crippen molar-refractivity contribution >= 4 is 54.4 Å². The molecule has 10 rings (SSSR count). The zero-order chi connectivity index (χ0) is 31.6. The number of para-hydroxylation sites is 2. The van der Waals surface area contributed by atoms with E-state index in [4.69, 9.17) is 0 Å². The molecule has 2 aromatic heterocycles. The summed E-state index contributed by atoms with van der Waals surface area (Å²) in [4.78, 5) is 0. The molecule has 224 valence electrons. The highest BCUT2D eigenvalue weighted by atomic mass is 15.0. The molecule has 2 nitrogen and oxygen atoms in total. The molecule has 0 atom stereocenters. The van der Waals surface area contributed by atoms with E-state index in [-0.39, 0.29) is 0 Å². The highest BCUT2D eigenvalue weighted by Crippen LogP contribution is 2.42. The molecule has 0 saturated carbocycles. The maximum Gasteiger partial charge on any atom is 0.0788 e. The number of rotatable bonds is 4. The molecule has 0 saturated heterocycles. The number of benzene rings is 8. The summed E-state index contributed by atoms with van der Waals surface area (Å²) >= 11 is 0.